The third kappa shape index (κ3) is 151. The molecule has 0 aliphatic heterocycles. The minimum Gasteiger partial charge on any atom is -0.369 e. The van der Waals surface area contributed by atoms with Gasteiger partial charge in [0.25, 0.3) is 20.4 Å². The molecule has 139 heavy (non-hydrogen) atoms. The number of rotatable bonds is 32. The zero-order chi connectivity index (χ0) is 111. The van der Waals surface area contributed by atoms with Crippen LogP contribution in [-0.2, 0) is 30.0 Å². The van der Waals surface area contributed by atoms with Gasteiger partial charge in [0.2, 0.25) is 59.5 Å². The molecule has 21 N–H and O–H groups in total. The molecule has 0 heterocycles. The molecule has 0 spiro atoms. The quantitative estimate of drug-likeness (QED) is 0.00978. The van der Waals surface area contributed by atoms with Gasteiger partial charge in [0.1, 0.15) is 0 Å². The fraction of sp³-hybridized carbons (Fsp3) is 0.835. The van der Waals surface area contributed by atoms with Crippen LogP contribution in [-0.4, -0.2) is 220 Å². The van der Waals surface area contributed by atoms with Gasteiger partial charge in [0, 0.05) is 143 Å². The first-order valence-corrected chi connectivity index (χ1v) is 51.1. The molecule has 810 valence electrons. The highest BCUT2D eigenvalue weighted by Gasteiger charge is 2.18. The minimum atomic E-state index is -3.76. The van der Waals surface area contributed by atoms with Gasteiger partial charge in [-0.25, -0.2) is 19.7 Å². The predicted molar refractivity (Wildman–Crippen MR) is 584 cm³/mol. The van der Waals surface area contributed by atoms with Gasteiger partial charge in [-0.2, -0.15) is 48.4 Å². The molecular weight excluding hydrogens is 1800 g/mol. The maximum atomic E-state index is 10.9. The van der Waals surface area contributed by atoms with Crippen LogP contribution in [0, 0.1) is 123 Å². The van der Waals surface area contributed by atoms with Crippen molar-refractivity contribution in [1.29, 1.82) is 31.6 Å². The largest absolute Gasteiger partial charge is 0.369 e. The first-order valence-electron chi connectivity index (χ1n) is 48.0. The van der Waals surface area contributed by atoms with Crippen molar-refractivity contribution in [2.75, 3.05) is 129 Å². The number of nitrogens with zero attached hydrogens (tertiary/aromatic N) is 17. The van der Waals surface area contributed by atoms with Crippen molar-refractivity contribution in [2.24, 2.45) is 116 Å². The Bertz CT molecular complexity index is 3950. The first-order chi connectivity index (χ1) is 63.1. The summed E-state index contributed by atoms with van der Waals surface area (Å²) in [5, 5.41) is 89.0. The van der Waals surface area contributed by atoms with E-state index in [9.17, 15) is 26.4 Å². The molecule has 0 aromatic carbocycles. The summed E-state index contributed by atoms with van der Waals surface area (Å²) in [5.74, 6) is 3.33. The topological polar surface area (TPSA) is 614 Å². The number of amides is 2. The second-order valence-corrected chi connectivity index (χ2v) is 48.2. The van der Waals surface area contributed by atoms with Crippen molar-refractivity contribution in [3.8, 4) is 37.2 Å². The standard InChI is InChI=1S/C12H24N4.C11H22N4.C10H24N4O2S.2C10H20N4.C10H21NO.C9H22N4O2S.C9H18N4.C8H16N4.C8H17NO/c1-12(2,3)8-6-7-9-14-11(15-10-13)16(4)5;1-11(2,3)7-5-6-8-14-10(13-4)15-9-12;1-10(2,3)7-6-8-12-9(14(4)5)13-17(11,15)16;1-10(2,3)6-7-12-9(13-8-11)14(4)5;1-10(2,3)6-4-5-7-13-9(12)14-8-11;1-9(12)11-8-6-5-7-10(2,3)4;1-9(2,3)6-5-7-12-8(11-4)13-16(10,14)15;1-9(2,3)5-6-12-8(11-4)13-7-10;1-8(2,3)4-5-11-7(10)12-6-9;1-7(10)9-6-5-8(2,3)4/h6-9H2,1-5H3,(H,14,15);5-8H2,1-4H3,(H2,13,14,15);6-8H2,1-5H3,(H,12,13)(H2,11,15,16);6-7H2,1-5H3,(H,12,13);4-7H2,1-3H3,(H3,12,13,14);5-8H2,1-4H3,(H,11,12);5-7H2,1-4H3,(H2,10,14,15)(H2,11,12,13);5-6H2,1-4H3,(H2,11,12,13);4-5H2,1-3H3,(H3,10,11,12);5-6H2,1-4H3,(H,9,10). The van der Waals surface area contributed by atoms with Crippen LogP contribution in [0.25, 0.3) is 0 Å². The van der Waals surface area contributed by atoms with Crippen molar-refractivity contribution >= 4 is 79.9 Å². The maximum absolute atomic E-state index is 10.9. The van der Waals surface area contributed by atoms with Crippen LogP contribution in [0.2, 0.25) is 0 Å². The fourth-order valence-electron chi connectivity index (χ4n) is 9.78. The number of carbonyl (C=O) groups excluding carboxylic acids is 2. The van der Waals surface area contributed by atoms with Crippen LogP contribution in [0.4, 0.5) is 0 Å². The van der Waals surface area contributed by atoms with Crippen LogP contribution in [0.5, 0.6) is 0 Å². The number of unbranched alkanes of at least 4 members (excludes halogenated alkanes) is 4. The lowest BCUT2D eigenvalue weighted by Gasteiger charge is -2.18. The molecule has 0 aromatic rings. The summed E-state index contributed by atoms with van der Waals surface area (Å²) in [7, 11) is 8.17. The van der Waals surface area contributed by atoms with Gasteiger partial charge in [0.15, 0.2) is 37.2 Å². The minimum absolute atomic E-state index is 0.0595. The fourth-order valence-corrected chi connectivity index (χ4v) is 10.7. The van der Waals surface area contributed by atoms with Gasteiger partial charge < -0.3 is 52.8 Å². The molecule has 0 radical (unpaired) electrons. The van der Waals surface area contributed by atoms with Crippen molar-refractivity contribution in [3.63, 3.8) is 0 Å². The molecule has 0 saturated carbocycles. The van der Waals surface area contributed by atoms with Gasteiger partial charge in [-0.05, 0) is 157 Å². The summed E-state index contributed by atoms with van der Waals surface area (Å²) >= 11 is 0. The highest BCUT2D eigenvalue weighted by molar-refractivity contribution is 7.88. The van der Waals surface area contributed by atoms with E-state index in [-0.39, 0.29) is 57.3 Å². The molecule has 0 bridgehead atoms. The average molecular weight is 2010 g/mol. The van der Waals surface area contributed by atoms with E-state index in [1.54, 1.807) is 64.2 Å². The van der Waals surface area contributed by atoms with E-state index in [1.807, 2.05) is 57.9 Å². The third-order valence-electron chi connectivity index (χ3n) is 17.5. The molecule has 0 aromatic heterocycles. The second-order valence-electron chi connectivity index (χ2n) is 45.7. The Labute approximate surface area is 847 Å². The summed E-state index contributed by atoms with van der Waals surface area (Å²) in [4.78, 5) is 58.4. The Balaban J connectivity index is -0.000000167. The van der Waals surface area contributed by atoms with E-state index in [0.29, 0.717) is 82.5 Å². The smallest absolute Gasteiger partial charge is 0.298 e. The second kappa shape index (κ2) is 82.6. The number of hydrogen-bond donors (Lipinski definition) is 17. The lowest BCUT2D eigenvalue weighted by Crippen LogP contribution is -2.44. The Kier molecular flexibility index (Phi) is 88.6. The van der Waals surface area contributed by atoms with E-state index < -0.39 is 20.4 Å². The average Bonchev–Trinajstić information content (AvgIpc) is 0.904. The van der Waals surface area contributed by atoms with Crippen molar-refractivity contribution < 1.29 is 26.4 Å². The number of carbonyl (C=O) groups is 2. The van der Waals surface area contributed by atoms with E-state index in [1.165, 1.54) is 52.0 Å². The Hall–Kier alpha value is -10.1. The number of aliphatic imine (C=N–C) groups is 8. The lowest BCUT2D eigenvalue weighted by molar-refractivity contribution is -0.119. The summed E-state index contributed by atoms with van der Waals surface area (Å²) in [6.45, 7) is 76.3. The highest BCUT2D eigenvalue weighted by Crippen LogP contribution is 2.26. The van der Waals surface area contributed by atoms with Gasteiger partial charge in [-0.15, -0.1) is 0 Å². The number of guanidine groups is 8. The van der Waals surface area contributed by atoms with Crippen molar-refractivity contribution in [1.82, 2.24) is 82.6 Å². The summed E-state index contributed by atoms with van der Waals surface area (Å²) < 4.78 is 47.5. The highest BCUT2D eigenvalue weighted by atomic mass is 32.2. The molecule has 0 atom stereocenters. The SMILES string of the molecule is CC(=O)NCCC(C)(C)C.CC(=O)NCCCCC(C)(C)C.CC(C)(C)CCCCN=C(N)NC#N.CC(C)(C)CCN=C(N)NC#N.CN(C)C(=NCCC(C)(C)C)NC#N.CN(C)C(=NCCCC(C)(C)C)NS(N)(=O)=O.CN(C)C(=NCCCCC(C)(C)C)NC#N.CN=C(NC#N)NCCC(C)(C)C.CN=C(NC#N)NCCCCC(C)(C)C.CN=C(NCCCC(C)(C)C)NS(N)(=O)=O. The molecule has 0 saturated heterocycles. The molecule has 2 amide bonds. The first kappa shape index (κ1) is 149. The number of nitrogens with two attached hydrogens (primary N) is 4. The summed E-state index contributed by atoms with van der Waals surface area (Å²) in [6.07, 6.45) is 32.7. The summed E-state index contributed by atoms with van der Waals surface area (Å²) in [6, 6.07) is 0. The molecule has 0 unspecified atom stereocenters. The molecule has 40 nitrogen and oxygen atoms in total. The maximum Gasteiger partial charge on any atom is 0.298 e. The van der Waals surface area contributed by atoms with Crippen LogP contribution in [0.3, 0.4) is 0 Å². The van der Waals surface area contributed by atoms with Gasteiger partial charge in [0.05, 0.1) is 0 Å². The molecule has 0 rings (SSSR count). The van der Waals surface area contributed by atoms with E-state index >= 15 is 0 Å². The normalized spacial score (nSPS) is 12.4. The Morgan fingerprint density at radius 1 is 0.273 bits per heavy atom. The molecule has 0 fully saturated rings. The van der Waals surface area contributed by atoms with Crippen LogP contribution in [0.1, 0.15) is 350 Å². The monoisotopic (exact) mass is 2010 g/mol. The third-order valence-corrected chi connectivity index (χ3v) is 18.4. The number of nitrogens with one attached hydrogen (secondary N) is 13. The van der Waals surface area contributed by atoms with Gasteiger partial charge in [-0.3, -0.25) is 81.4 Å². The zero-order valence-corrected chi connectivity index (χ0v) is 96.5. The lowest BCUT2D eigenvalue weighted by atomic mass is 9.90. The number of nitriles is 6. The van der Waals surface area contributed by atoms with E-state index in [0.717, 1.165) is 123 Å². The van der Waals surface area contributed by atoms with Crippen molar-refractivity contribution in [2.45, 2.75) is 350 Å². The van der Waals surface area contributed by atoms with Crippen molar-refractivity contribution in [3.05, 3.63) is 0 Å². The van der Waals surface area contributed by atoms with Gasteiger partial charge >= 0.3 is 0 Å². The van der Waals surface area contributed by atoms with Crippen LogP contribution in [0.15, 0.2) is 39.9 Å². The zero-order valence-electron chi connectivity index (χ0n) is 94.9. The number of hydrogen-bond acceptors (Lipinski definition) is 20. The van der Waals surface area contributed by atoms with E-state index in [4.69, 9.17) is 53.3 Å². The predicted octanol–water partition coefficient (Wildman–Crippen LogP) is 13.5. The molecule has 42 heteroatoms. The van der Waals surface area contributed by atoms with Crippen LogP contribution >= 0.6 is 0 Å². The van der Waals surface area contributed by atoms with E-state index in [2.05, 4.69) is 316 Å². The summed E-state index contributed by atoms with van der Waals surface area (Å²) in [5.41, 5.74) is 14.0. The van der Waals surface area contributed by atoms with Gasteiger partial charge in [-0.1, -0.05) is 233 Å². The Morgan fingerprint density at radius 3 is 0.799 bits per heavy atom. The molecule has 0 aliphatic rings. The Morgan fingerprint density at radius 2 is 0.504 bits per heavy atom. The molecule has 0 aliphatic carbocycles. The van der Waals surface area contributed by atoms with Crippen LogP contribution < -0.4 is 89.7 Å². The molecular formula is C97H204N34O6S2.